The first-order valence-corrected chi connectivity index (χ1v) is 6.63. The molecule has 2 amide bonds. The summed E-state index contributed by atoms with van der Waals surface area (Å²) >= 11 is 0. The lowest BCUT2D eigenvalue weighted by Crippen LogP contribution is -2.57. The Kier molecular flexibility index (Phi) is 4.19. The molecule has 1 saturated heterocycles. The second-order valence-electron chi connectivity index (χ2n) is 5.24. The van der Waals surface area contributed by atoms with Gasteiger partial charge in [-0.05, 0) is 12.3 Å². The number of rotatable bonds is 4. The van der Waals surface area contributed by atoms with E-state index in [1.165, 1.54) is 0 Å². The molecule has 2 N–H and O–H groups in total. The molecule has 1 fully saturated rings. The summed E-state index contributed by atoms with van der Waals surface area (Å²) < 4.78 is 0. The predicted molar refractivity (Wildman–Crippen MR) is 70.3 cm³/mol. The highest BCUT2D eigenvalue weighted by molar-refractivity contribution is 5.89. The number of amides is 2. The molecule has 2 rings (SSSR count). The van der Waals surface area contributed by atoms with Crippen LogP contribution in [0, 0.1) is 5.92 Å². The van der Waals surface area contributed by atoms with Crippen molar-refractivity contribution in [3.05, 3.63) is 18.2 Å². The van der Waals surface area contributed by atoms with Gasteiger partial charge >= 0.3 is 0 Å². The van der Waals surface area contributed by atoms with Crippen LogP contribution in [-0.2, 0) is 16.0 Å². The van der Waals surface area contributed by atoms with Gasteiger partial charge in [-0.1, -0.05) is 13.8 Å². The summed E-state index contributed by atoms with van der Waals surface area (Å²) in [7, 11) is 0. The van der Waals surface area contributed by atoms with Crippen molar-refractivity contribution in [3.63, 3.8) is 0 Å². The molecule has 0 saturated carbocycles. The van der Waals surface area contributed by atoms with Gasteiger partial charge in [0.25, 0.3) is 0 Å². The maximum absolute atomic E-state index is 12.3. The Morgan fingerprint density at radius 1 is 1.58 bits per heavy atom. The van der Waals surface area contributed by atoms with Crippen molar-refractivity contribution in [2.45, 2.75) is 32.7 Å². The van der Waals surface area contributed by atoms with Crippen molar-refractivity contribution >= 4 is 11.8 Å². The number of nitrogens with zero attached hydrogens (tertiary/aromatic N) is 2. The second-order valence-corrected chi connectivity index (χ2v) is 5.24. The molecule has 2 heterocycles. The third-order valence-electron chi connectivity index (χ3n) is 3.22. The first-order chi connectivity index (χ1) is 9.08. The van der Waals surface area contributed by atoms with Crippen LogP contribution >= 0.6 is 0 Å². The Morgan fingerprint density at radius 2 is 2.37 bits per heavy atom. The number of H-pyrrole nitrogens is 1. The van der Waals surface area contributed by atoms with Crippen LogP contribution in [0.15, 0.2) is 12.4 Å². The number of carbonyl (C=O) groups is 2. The Morgan fingerprint density at radius 3 is 3.00 bits per heavy atom. The molecule has 6 nitrogen and oxygen atoms in total. The highest BCUT2D eigenvalue weighted by atomic mass is 16.2. The normalized spacial score (nSPS) is 19.6. The summed E-state index contributed by atoms with van der Waals surface area (Å²) in [4.78, 5) is 32.9. The number of aromatic amines is 1. The van der Waals surface area contributed by atoms with E-state index in [0.717, 1.165) is 0 Å². The van der Waals surface area contributed by atoms with Gasteiger partial charge in [0, 0.05) is 25.5 Å². The van der Waals surface area contributed by atoms with E-state index in [9.17, 15) is 9.59 Å². The van der Waals surface area contributed by atoms with E-state index in [2.05, 4.69) is 29.1 Å². The number of aromatic nitrogens is 2. The van der Waals surface area contributed by atoms with Gasteiger partial charge in [-0.25, -0.2) is 4.98 Å². The van der Waals surface area contributed by atoms with Crippen LogP contribution in [0.25, 0.3) is 0 Å². The molecular weight excluding hydrogens is 244 g/mol. The molecule has 0 aliphatic carbocycles. The fourth-order valence-electron chi connectivity index (χ4n) is 2.33. The van der Waals surface area contributed by atoms with E-state index >= 15 is 0 Å². The van der Waals surface area contributed by atoms with E-state index in [1.807, 2.05) is 0 Å². The van der Waals surface area contributed by atoms with E-state index in [-0.39, 0.29) is 24.3 Å². The smallest absolute Gasteiger partial charge is 0.242 e. The van der Waals surface area contributed by atoms with Gasteiger partial charge in [0.05, 0.1) is 6.42 Å². The molecule has 104 valence electrons. The minimum Gasteiger partial charge on any atom is -0.353 e. The Hall–Kier alpha value is -1.85. The van der Waals surface area contributed by atoms with Crippen LogP contribution in [0.2, 0.25) is 0 Å². The molecule has 1 aromatic heterocycles. The average molecular weight is 264 g/mol. The van der Waals surface area contributed by atoms with Gasteiger partial charge in [0.2, 0.25) is 11.8 Å². The Bertz CT molecular complexity index is 442. The SMILES string of the molecule is CC(C)CC1C(=O)NCCN1C(=O)Cc1ncc[nH]1. The lowest BCUT2D eigenvalue weighted by Gasteiger charge is -2.35. The monoisotopic (exact) mass is 264 g/mol. The molecular formula is C13H20N4O2. The maximum Gasteiger partial charge on any atom is 0.242 e. The molecule has 1 aromatic rings. The quantitative estimate of drug-likeness (QED) is 0.822. The number of hydrogen-bond donors (Lipinski definition) is 2. The van der Waals surface area contributed by atoms with Gasteiger partial charge in [-0.2, -0.15) is 0 Å². The zero-order chi connectivity index (χ0) is 13.8. The zero-order valence-electron chi connectivity index (χ0n) is 11.3. The molecule has 0 aromatic carbocycles. The van der Waals surface area contributed by atoms with Crippen molar-refractivity contribution in [1.29, 1.82) is 0 Å². The summed E-state index contributed by atoms with van der Waals surface area (Å²) in [6, 6.07) is -0.351. The van der Waals surface area contributed by atoms with Crippen LogP contribution in [0.5, 0.6) is 0 Å². The van der Waals surface area contributed by atoms with Gasteiger partial charge in [-0.3, -0.25) is 9.59 Å². The minimum absolute atomic E-state index is 0.0459. The molecule has 0 spiro atoms. The average Bonchev–Trinajstić information content (AvgIpc) is 2.84. The third-order valence-corrected chi connectivity index (χ3v) is 3.22. The summed E-state index contributed by atoms with van der Waals surface area (Å²) in [5.74, 6) is 0.912. The van der Waals surface area contributed by atoms with Gasteiger partial charge < -0.3 is 15.2 Å². The van der Waals surface area contributed by atoms with E-state index < -0.39 is 0 Å². The van der Waals surface area contributed by atoms with Gasteiger partial charge in [0.15, 0.2) is 0 Å². The summed E-state index contributed by atoms with van der Waals surface area (Å²) in [6.45, 7) is 5.20. The van der Waals surface area contributed by atoms with Crippen molar-refractivity contribution < 1.29 is 9.59 Å². The zero-order valence-corrected chi connectivity index (χ0v) is 11.3. The fourth-order valence-corrected chi connectivity index (χ4v) is 2.33. The number of nitrogens with one attached hydrogen (secondary N) is 2. The summed E-state index contributed by atoms with van der Waals surface area (Å²) in [6.07, 6.45) is 4.22. The molecule has 1 unspecified atom stereocenters. The van der Waals surface area contributed by atoms with Crippen LogP contribution in [0.4, 0.5) is 0 Å². The van der Waals surface area contributed by atoms with Crippen molar-refractivity contribution in [2.24, 2.45) is 5.92 Å². The fraction of sp³-hybridized carbons (Fsp3) is 0.615. The molecule has 6 heteroatoms. The largest absolute Gasteiger partial charge is 0.353 e. The summed E-state index contributed by atoms with van der Waals surface area (Å²) in [5.41, 5.74) is 0. The molecule has 0 bridgehead atoms. The molecule has 19 heavy (non-hydrogen) atoms. The lowest BCUT2D eigenvalue weighted by molar-refractivity contribution is -0.143. The molecule has 1 atom stereocenters. The Balaban J connectivity index is 2.06. The Labute approximate surface area is 112 Å². The molecule has 1 aliphatic rings. The van der Waals surface area contributed by atoms with E-state index in [4.69, 9.17) is 0 Å². The van der Waals surface area contributed by atoms with Gasteiger partial charge in [-0.15, -0.1) is 0 Å². The maximum atomic E-state index is 12.3. The standard InChI is InChI=1S/C13H20N4O2/c1-9(2)7-10-13(19)16-5-6-17(10)12(18)8-11-14-3-4-15-11/h3-4,9-10H,5-8H2,1-2H3,(H,14,15)(H,16,19). The van der Waals surface area contributed by atoms with Crippen LogP contribution in [0.1, 0.15) is 26.1 Å². The van der Waals surface area contributed by atoms with E-state index in [0.29, 0.717) is 31.3 Å². The van der Waals surface area contributed by atoms with Crippen molar-refractivity contribution in [1.82, 2.24) is 20.2 Å². The minimum atomic E-state index is -0.351. The predicted octanol–water partition coefficient (Wildman–Crippen LogP) is 0.325. The van der Waals surface area contributed by atoms with Gasteiger partial charge in [0.1, 0.15) is 11.9 Å². The highest BCUT2D eigenvalue weighted by Gasteiger charge is 2.33. The highest BCUT2D eigenvalue weighted by Crippen LogP contribution is 2.15. The number of imidazole rings is 1. The number of carbonyl (C=O) groups excluding carboxylic acids is 2. The van der Waals surface area contributed by atoms with Crippen LogP contribution in [-0.4, -0.2) is 45.8 Å². The van der Waals surface area contributed by atoms with Crippen LogP contribution in [0.3, 0.4) is 0 Å². The van der Waals surface area contributed by atoms with Crippen LogP contribution < -0.4 is 5.32 Å². The number of piperazine rings is 1. The first-order valence-electron chi connectivity index (χ1n) is 6.63. The molecule has 0 radical (unpaired) electrons. The van der Waals surface area contributed by atoms with E-state index in [1.54, 1.807) is 17.3 Å². The summed E-state index contributed by atoms with van der Waals surface area (Å²) in [5, 5.41) is 2.82. The lowest BCUT2D eigenvalue weighted by atomic mass is 9.99. The second kappa shape index (κ2) is 5.86. The van der Waals surface area contributed by atoms with Crippen molar-refractivity contribution in [3.8, 4) is 0 Å². The number of hydrogen-bond acceptors (Lipinski definition) is 3. The van der Waals surface area contributed by atoms with Crippen molar-refractivity contribution in [2.75, 3.05) is 13.1 Å². The molecule has 1 aliphatic heterocycles. The first kappa shape index (κ1) is 13.6. The topological polar surface area (TPSA) is 78.1 Å². The third kappa shape index (κ3) is 3.33.